The number of nitrogens with one attached hydrogen (secondary N) is 1. The molecule has 1 N–H and O–H groups in total. The zero-order chi connectivity index (χ0) is 17.9. The van der Waals surface area contributed by atoms with Gasteiger partial charge in [0.25, 0.3) is 0 Å². The molecule has 3 nitrogen and oxygen atoms in total. The number of para-hydroxylation sites is 1. The van der Waals surface area contributed by atoms with E-state index in [1.54, 1.807) is 0 Å². The molecule has 0 unspecified atom stereocenters. The zero-order valence-corrected chi connectivity index (χ0v) is 15.1. The van der Waals surface area contributed by atoms with Crippen LogP contribution >= 0.6 is 0 Å². The van der Waals surface area contributed by atoms with Crippen LogP contribution in [0.3, 0.4) is 0 Å². The number of aromatic nitrogens is 2. The minimum absolute atomic E-state index is 0.198. The van der Waals surface area contributed by atoms with E-state index in [1.165, 1.54) is 29.7 Å². The summed E-state index contributed by atoms with van der Waals surface area (Å²) in [6.45, 7) is 3.15. The Bertz CT molecular complexity index is 896. The van der Waals surface area contributed by atoms with Gasteiger partial charge in [-0.2, -0.15) is 5.10 Å². The first-order valence-corrected chi connectivity index (χ1v) is 9.43. The molecule has 0 bridgehead atoms. The van der Waals surface area contributed by atoms with E-state index in [2.05, 4.69) is 41.2 Å². The summed E-state index contributed by atoms with van der Waals surface area (Å²) in [7, 11) is 0. The van der Waals surface area contributed by atoms with Crippen LogP contribution < -0.4 is 5.32 Å². The fourth-order valence-electron chi connectivity index (χ4n) is 3.70. The Balaban J connectivity index is 1.80. The zero-order valence-electron chi connectivity index (χ0n) is 15.1. The third-order valence-electron chi connectivity index (χ3n) is 5.10. The summed E-state index contributed by atoms with van der Waals surface area (Å²) in [6.07, 6.45) is 5.06. The molecule has 1 aromatic heterocycles. The summed E-state index contributed by atoms with van der Waals surface area (Å²) >= 11 is 0. The Labute approximate surface area is 153 Å². The average molecular weight is 349 g/mol. The molecular weight excluding hydrogens is 325 g/mol. The fourth-order valence-corrected chi connectivity index (χ4v) is 3.70. The highest BCUT2D eigenvalue weighted by Gasteiger charge is 2.21. The van der Waals surface area contributed by atoms with Crippen molar-refractivity contribution in [2.45, 2.75) is 39.0 Å². The number of benzene rings is 2. The topological polar surface area (TPSA) is 29.9 Å². The largest absolute Gasteiger partial charge is 0.370 e. The molecule has 0 saturated carbocycles. The van der Waals surface area contributed by atoms with Gasteiger partial charge in [-0.1, -0.05) is 37.3 Å². The van der Waals surface area contributed by atoms with E-state index in [1.807, 2.05) is 12.1 Å². The molecule has 0 fully saturated rings. The molecule has 1 aliphatic heterocycles. The molecular formula is C22H24FN3. The molecule has 26 heavy (non-hydrogen) atoms. The normalized spacial score (nSPS) is 13.8. The van der Waals surface area contributed by atoms with Gasteiger partial charge in [0.2, 0.25) is 0 Å². The maximum Gasteiger partial charge on any atom is 0.133 e. The second-order valence-electron chi connectivity index (χ2n) is 6.86. The van der Waals surface area contributed by atoms with Crippen LogP contribution in [0.4, 0.5) is 10.2 Å². The molecule has 134 valence electrons. The van der Waals surface area contributed by atoms with Gasteiger partial charge in [0.15, 0.2) is 0 Å². The van der Waals surface area contributed by atoms with Crippen molar-refractivity contribution in [3.05, 3.63) is 76.7 Å². The van der Waals surface area contributed by atoms with Crippen LogP contribution in [0.15, 0.2) is 48.5 Å². The number of nitrogens with zero attached hydrogens (tertiary/aromatic N) is 2. The Morgan fingerprint density at radius 3 is 2.69 bits per heavy atom. The van der Waals surface area contributed by atoms with Gasteiger partial charge in [0.1, 0.15) is 11.6 Å². The Kier molecular flexibility index (Phi) is 4.74. The van der Waals surface area contributed by atoms with Crippen molar-refractivity contribution in [3.63, 3.8) is 0 Å². The number of halogens is 1. The molecule has 0 atom stereocenters. The Morgan fingerprint density at radius 2 is 1.88 bits per heavy atom. The van der Waals surface area contributed by atoms with E-state index in [-0.39, 0.29) is 5.82 Å². The van der Waals surface area contributed by atoms with Gasteiger partial charge < -0.3 is 5.32 Å². The summed E-state index contributed by atoms with van der Waals surface area (Å²) in [5.41, 5.74) is 5.92. The van der Waals surface area contributed by atoms with E-state index in [4.69, 9.17) is 5.10 Å². The monoisotopic (exact) mass is 349 g/mol. The van der Waals surface area contributed by atoms with Gasteiger partial charge >= 0.3 is 0 Å². The van der Waals surface area contributed by atoms with Crippen LogP contribution in [-0.2, 0) is 19.3 Å². The predicted octanol–water partition coefficient (Wildman–Crippen LogP) is 4.91. The van der Waals surface area contributed by atoms with Gasteiger partial charge in [-0.15, -0.1) is 0 Å². The van der Waals surface area contributed by atoms with Gasteiger partial charge in [-0.3, -0.25) is 0 Å². The summed E-state index contributed by atoms with van der Waals surface area (Å²) in [6, 6.07) is 15.2. The van der Waals surface area contributed by atoms with Gasteiger partial charge in [-0.25, -0.2) is 9.07 Å². The molecule has 4 rings (SSSR count). The number of rotatable bonds is 4. The molecule has 0 aliphatic carbocycles. The third-order valence-corrected chi connectivity index (χ3v) is 5.10. The number of hydrogen-bond donors (Lipinski definition) is 1. The number of aryl methyl sites for hydroxylation is 1. The van der Waals surface area contributed by atoms with Crippen molar-refractivity contribution in [1.82, 2.24) is 9.78 Å². The minimum Gasteiger partial charge on any atom is -0.370 e. The fraction of sp³-hybridized carbons (Fsp3) is 0.318. The van der Waals surface area contributed by atoms with E-state index in [9.17, 15) is 4.39 Å². The molecule has 0 spiro atoms. The predicted molar refractivity (Wildman–Crippen MR) is 104 cm³/mol. The highest BCUT2D eigenvalue weighted by Crippen LogP contribution is 2.30. The third kappa shape index (κ3) is 3.24. The Hall–Kier alpha value is -2.62. The second kappa shape index (κ2) is 7.32. The first-order valence-electron chi connectivity index (χ1n) is 9.43. The lowest BCUT2D eigenvalue weighted by Gasteiger charge is -2.12. The summed E-state index contributed by atoms with van der Waals surface area (Å²) in [5, 5.41) is 8.59. The van der Waals surface area contributed by atoms with Crippen LogP contribution in [0.1, 0.15) is 42.1 Å². The van der Waals surface area contributed by atoms with Crippen molar-refractivity contribution in [2.75, 3.05) is 11.9 Å². The van der Waals surface area contributed by atoms with Gasteiger partial charge in [0.05, 0.1) is 11.4 Å². The standard InChI is InChI=1S/C22H24FN3/c1-2-17-7-3-4-9-21(17)26-22-19(8-5-6-14-24-22)20(25-26)15-16-10-12-18(23)13-11-16/h3-4,7,9-13,24H,2,5-6,8,14-15H2,1H3. The average Bonchev–Trinajstić information content (AvgIpc) is 2.84. The van der Waals surface area contributed by atoms with Crippen molar-refractivity contribution in [3.8, 4) is 5.69 Å². The van der Waals surface area contributed by atoms with Crippen LogP contribution in [0.2, 0.25) is 0 Å². The Morgan fingerprint density at radius 1 is 1.08 bits per heavy atom. The van der Waals surface area contributed by atoms with Crippen LogP contribution in [0, 0.1) is 5.82 Å². The highest BCUT2D eigenvalue weighted by molar-refractivity contribution is 5.56. The van der Waals surface area contributed by atoms with Crippen molar-refractivity contribution in [1.29, 1.82) is 0 Å². The second-order valence-corrected chi connectivity index (χ2v) is 6.86. The first-order chi connectivity index (χ1) is 12.8. The minimum atomic E-state index is -0.198. The number of fused-ring (bicyclic) bond motifs is 1. The molecule has 2 aromatic carbocycles. The lowest BCUT2D eigenvalue weighted by Crippen LogP contribution is -2.08. The first kappa shape index (κ1) is 16.8. The summed E-state index contributed by atoms with van der Waals surface area (Å²) in [4.78, 5) is 0. The van der Waals surface area contributed by atoms with Crippen molar-refractivity contribution in [2.24, 2.45) is 0 Å². The van der Waals surface area contributed by atoms with Crippen LogP contribution in [-0.4, -0.2) is 16.3 Å². The van der Waals surface area contributed by atoms with Crippen molar-refractivity contribution >= 4 is 5.82 Å². The maximum atomic E-state index is 13.2. The van der Waals surface area contributed by atoms with Gasteiger partial charge in [-0.05, 0) is 55.0 Å². The smallest absolute Gasteiger partial charge is 0.133 e. The van der Waals surface area contributed by atoms with Gasteiger partial charge in [0, 0.05) is 18.5 Å². The summed E-state index contributed by atoms with van der Waals surface area (Å²) < 4.78 is 15.3. The van der Waals surface area contributed by atoms with E-state index in [0.717, 1.165) is 55.0 Å². The lowest BCUT2D eigenvalue weighted by atomic mass is 10.0. The molecule has 1 aliphatic rings. The SMILES string of the molecule is CCc1ccccc1-n1nc(Cc2ccc(F)cc2)c2c1NCCCC2. The molecule has 2 heterocycles. The maximum absolute atomic E-state index is 13.2. The molecule has 4 heteroatoms. The number of hydrogen-bond acceptors (Lipinski definition) is 2. The van der Waals surface area contributed by atoms with E-state index < -0.39 is 0 Å². The number of anilines is 1. The molecule has 0 amide bonds. The molecule has 0 radical (unpaired) electrons. The quantitative estimate of drug-likeness (QED) is 0.725. The molecule has 3 aromatic rings. The summed E-state index contributed by atoms with van der Waals surface area (Å²) in [5.74, 6) is 0.928. The molecule has 0 saturated heterocycles. The van der Waals surface area contributed by atoms with Crippen molar-refractivity contribution < 1.29 is 4.39 Å². The highest BCUT2D eigenvalue weighted by atomic mass is 19.1. The van der Waals surface area contributed by atoms with Crippen LogP contribution in [0.5, 0.6) is 0 Å². The van der Waals surface area contributed by atoms with E-state index in [0.29, 0.717) is 0 Å². The van der Waals surface area contributed by atoms with Crippen LogP contribution in [0.25, 0.3) is 5.69 Å². The lowest BCUT2D eigenvalue weighted by molar-refractivity contribution is 0.627. The van der Waals surface area contributed by atoms with E-state index >= 15 is 0 Å².